The van der Waals surface area contributed by atoms with Crippen molar-refractivity contribution < 1.29 is 8.78 Å². The number of rotatable bonds is 4. The van der Waals surface area contributed by atoms with Crippen LogP contribution in [0.5, 0.6) is 0 Å². The third kappa shape index (κ3) is 3.53. The lowest BCUT2D eigenvalue weighted by atomic mass is 10.3. The van der Waals surface area contributed by atoms with Crippen LogP contribution in [0.15, 0.2) is 23.1 Å². The van der Waals surface area contributed by atoms with Gasteiger partial charge in [-0.15, -0.1) is 23.4 Å². The Labute approximate surface area is 85.3 Å². The van der Waals surface area contributed by atoms with Gasteiger partial charge in [-0.05, 0) is 30.4 Å². The highest BCUT2D eigenvalue weighted by Gasteiger charge is 2.03. The summed E-state index contributed by atoms with van der Waals surface area (Å²) in [5, 5.41) is 0. The number of hydrogen-bond acceptors (Lipinski definition) is 1. The van der Waals surface area contributed by atoms with Gasteiger partial charge in [0.25, 0.3) is 0 Å². The number of benzene rings is 1. The molecule has 0 atom stereocenters. The van der Waals surface area contributed by atoms with Crippen molar-refractivity contribution >= 4 is 23.4 Å². The van der Waals surface area contributed by atoms with Crippen molar-refractivity contribution in [3.8, 4) is 0 Å². The van der Waals surface area contributed by atoms with E-state index >= 15 is 0 Å². The lowest BCUT2D eigenvalue weighted by Crippen LogP contribution is -1.86. The van der Waals surface area contributed by atoms with Crippen LogP contribution in [0, 0.1) is 11.6 Å². The van der Waals surface area contributed by atoms with Crippen LogP contribution < -0.4 is 0 Å². The van der Waals surface area contributed by atoms with Crippen molar-refractivity contribution in [3.63, 3.8) is 0 Å². The second-order valence-electron chi connectivity index (χ2n) is 2.47. The van der Waals surface area contributed by atoms with E-state index < -0.39 is 5.82 Å². The summed E-state index contributed by atoms with van der Waals surface area (Å²) in [5.41, 5.74) is 0. The van der Waals surface area contributed by atoms with E-state index in [-0.39, 0.29) is 5.82 Å². The van der Waals surface area contributed by atoms with Crippen molar-refractivity contribution in [1.29, 1.82) is 0 Å². The lowest BCUT2D eigenvalue weighted by molar-refractivity contribution is 0.577. The molecule has 0 aliphatic heterocycles. The Balaban J connectivity index is 2.59. The maximum absolute atomic E-state index is 13.0. The zero-order valence-corrected chi connectivity index (χ0v) is 8.47. The van der Waals surface area contributed by atoms with Gasteiger partial charge in [0.05, 0.1) is 0 Å². The monoisotopic (exact) mass is 222 g/mol. The summed E-state index contributed by atoms with van der Waals surface area (Å²) in [6.07, 6.45) is 0.794. The van der Waals surface area contributed by atoms with Crippen molar-refractivity contribution in [2.24, 2.45) is 0 Å². The molecule has 1 aromatic carbocycles. The lowest BCUT2D eigenvalue weighted by Gasteiger charge is -2.01. The molecule has 0 aliphatic rings. The number of halogens is 3. The molecule has 0 saturated heterocycles. The average molecular weight is 223 g/mol. The first-order valence-corrected chi connectivity index (χ1v) is 5.40. The molecule has 0 fully saturated rings. The first-order valence-electron chi connectivity index (χ1n) is 3.88. The molecule has 0 N–H and O–H groups in total. The van der Waals surface area contributed by atoms with E-state index in [0.29, 0.717) is 16.5 Å². The van der Waals surface area contributed by atoms with Gasteiger partial charge in [0, 0.05) is 10.8 Å². The van der Waals surface area contributed by atoms with Gasteiger partial charge >= 0.3 is 0 Å². The van der Waals surface area contributed by atoms with Gasteiger partial charge in [0.15, 0.2) is 0 Å². The SMILES string of the molecule is Fc1ccc(F)c(SCCCCl)c1. The largest absolute Gasteiger partial charge is 0.207 e. The normalized spacial score (nSPS) is 10.4. The summed E-state index contributed by atoms with van der Waals surface area (Å²) in [4.78, 5) is 0.352. The summed E-state index contributed by atoms with van der Waals surface area (Å²) in [6, 6.07) is 3.45. The Morgan fingerprint density at radius 2 is 2.08 bits per heavy atom. The van der Waals surface area contributed by atoms with Crippen molar-refractivity contribution in [3.05, 3.63) is 29.8 Å². The molecule has 0 saturated carbocycles. The third-order valence-electron chi connectivity index (χ3n) is 1.43. The molecule has 1 rings (SSSR count). The van der Waals surface area contributed by atoms with Gasteiger partial charge in [-0.1, -0.05) is 0 Å². The quantitative estimate of drug-likeness (QED) is 0.425. The molecule has 0 aliphatic carbocycles. The minimum atomic E-state index is -0.408. The van der Waals surface area contributed by atoms with Crippen LogP contribution in [0.25, 0.3) is 0 Å². The third-order valence-corrected chi connectivity index (χ3v) is 2.81. The van der Waals surface area contributed by atoms with Crippen LogP contribution in [-0.2, 0) is 0 Å². The molecule has 13 heavy (non-hydrogen) atoms. The summed E-state index contributed by atoms with van der Waals surface area (Å²) >= 11 is 6.74. The van der Waals surface area contributed by atoms with Crippen LogP contribution in [0.1, 0.15) is 6.42 Å². The smallest absolute Gasteiger partial charge is 0.136 e. The molecule has 0 heterocycles. The van der Waals surface area contributed by atoms with E-state index in [4.69, 9.17) is 11.6 Å². The van der Waals surface area contributed by atoms with Gasteiger partial charge in [-0.25, -0.2) is 8.78 Å². The zero-order valence-electron chi connectivity index (χ0n) is 6.90. The van der Waals surface area contributed by atoms with E-state index in [9.17, 15) is 8.78 Å². The summed E-state index contributed by atoms with van der Waals surface area (Å²) in [5.74, 6) is 0.476. The fourth-order valence-corrected chi connectivity index (χ4v) is 2.03. The molecule has 4 heteroatoms. The van der Waals surface area contributed by atoms with E-state index in [0.717, 1.165) is 18.6 Å². The summed E-state index contributed by atoms with van der Waals surface area (Å²) < 4.78 is 25.6. The molecule has 0 radical (unpaired) electrons. The minimum Gasteiger partial charge on any atom is -0.207 e. The number of thioether (sulfide) groups is 1. The first kappa shape index (κ1) is 10.8. The molecule has 0 unspecified atom stereocenters. The van der Waals surface area contributed by atoms with E-state index in [2.05, 4.69) is 0 Å². The van der Waals surface area contributed by atoms with Gasteiger partial charge in [-0.3, -0.25) is 0 Å². The first-order chi connectivity index (χ1) is 6.24. The van der Waals surface area contributed by atoms with Crippen LogP contribution >= 0.6 is 23.4 Å². The highest BCUT2D eigenvalue weighted by atomic mass is 35.5. The predicted molar refractivity (Wildman–Crippen MR) is 52.4 cm³/mol. The topological polar surface area (TPSA) is 0 Å². The Morgan fingerprint density at radius 1 is 1.31 bits per heavy atom. The van der Waals surface area contributed by atoms with Crippen molar-refractivity contribution in [2.45, 2.75) is 11.3 Å². The van der Waals surface area contributed by atoms with Crippen LogP contribution in [-0.4, -0.2) is 11.6 Å². The van der Waals surface area contributed by atoms with Gasteiger partial charge in [-0.2, -0.15) is 0 Å². The fourth-order valence-electron chi connectivity index (χ4n) is 0.824. The Kier molecular flexibility index (Phi) is 4.53. The molecule has 0 amide bonds. The van der Waals surface area contributed by atoms with Crippen LogP contribution in [0.4, 0.5) is 8.78 Å². The standard InChI is InChI=1S/C9H9ClF2S/c10-4-1-5-13-9-6-7(11)2-3-8(9)12/h2-3,6H,1,4-5H2. The van der Waals surface area contributed by atoms with E-state index in [1.807, 2.05) is 0 Å². The fraction of sp³-hybridized carbons (Fsp3) is 0.333. The molecular formula is C9H9ClF2S. The molecule has 0 nitrogen and oxygen atoms in total. The second-order valence-corrected chi connectivity index (χ2v) is 3.98. The minimum absolute atomic E-state index is 0.352. The Morgan fingerprint density at radius 3 is 2.77 bits per heavy atom. The molecule has 0 bridgehead atoms. The molecule has 72 valence electrons. The summed E-state index contributed by atoms with van der Waals surface area (Å²) in [6.45, 7) is 0. The van der Waals surface area contributed by atoms with Crippen LogP contribution in [0.3, 0.4) is 0 Å². The van der Waals surface area contributed by atoms with Crippen LogP contribution in [0.2, 0.25) is 0 Å². The van der Waals surface area contributed by atoms with Gasteiger partial charge in [0.2, 0.25) is 0 Å². The van der Waals surface area contributed by atoms with E-state index in [1.165, 1.54) is 17.8 Å². The number of alkyl halides is 1. The van der Waals surface area contributed by atoms with E-state index in [1.54, 1.807) is 0 Å². The average Bonchev–Trinajstić information content (AvgIpc) is 2.11. The zero-order chi connectivity index (χ0) is 9.68. The van der Waals surface area contributed by atoms with Gasteiger partial charge < -0.3 is 0 Å². The highest BCUT2D eigenvalue weighted by Crippen LogP contribution is 2.23. The van der Waals surface area contributed by atoms with Crippen molar-refractivity contribution in [2.75, 3.05) is 11.6 Å². The molecule has 1 aromatic rings. The van der Waals surface area contributed by atoms with Crippen molar-refractivity contribution in [1.82, 2.24) is 0 Å². The maximum Gasteiger partial charge on any atom is 0.136 e. The Hall–Kier alpha value is -0.280. The highest BCUT2D eigenvalue weighted by molar-refractivity contribution is 7.99. The predicted octanol–water partition coefficient (Wildman–Crippen LogP) is 3.69. The molecular weight excluding hydrogens is 214 g/mol. The summed E-state index contributed by atoms with van der Waals surface area (Å²) in [7, 11) is 0. The second kappa shape index (κ2) is 5.45. The maximum atomic E-state index is 13.0. The van der Waals surface area contributed by atoms with Gasteiger partial charge in [0.1, 0.15) is 11.6 Å². The Bertz CT molecular complexity index is 278. The molecule has 0 aromatic heterocycles. The number of hydrogen-bond donors (Lipinski definition) is 0. The molecule has 0 spiro atoms.